The Morgan fingerprint density at radius 2 is 1.82 bits per heavy atom. The van der Waals surface area contributed by atoms with Gasteiger partial charge >= 0.3 is 6.18 Å². The van der Waals surface area contributed by atoms with Gasteiger partial charge in [-0.1, -0.05) is 24.6 Å². The summed E-state index contributed by atoms with van der Waals surface area (Å²) in [5, 5.41) is 10.8. The molecule has 0 amide bonds. The molecule has 0 spiro atoms. The molecule has 0 aromatic heterocycles. The number of alkyl halides is 3. The normalized spacial score (nSPS) is 18.5. The van der Waals surface area contributed by atoms with Crippen molar-refractivity contribution in [3.63, 3.8) is 0 Å². The maximum absolute atomic E-state index is 13.1. The van der Waals surface area contributed by atoms with E-state index >= 15 is 0 Å². The molecule has 0 aliphatic heterocycles. The lowest BCUT2D eigenvalue weighted by Crippen LogP contribution is -2.48. The zero-order chi connectivity index (χ0) is 12.7. The Kier molecular flexibility index (Phi) is 2.60. The third-order valence-electron chi connectivity index (χ3n) is 3.37. The number of nitrogens with zero attached hydrogens (tertiary/aromatic N) is 1. The van der Waals surface area contributed by atoms with Crippen molar-refractivity contribution in [3.8, 4) is 0 Å². The zero-order valence-corrected chi connectivity index (χ0v) is 8.83. The van der Waals surface area contributed by atoms with Crippen molar-refractivity contribution in [1.82, 2.24) is 0 Å². The first-order valence-electron chi connectivity index (χ1n) is 5.19. The van der Waals surface area contributed by atoms with Crippen LogP contribution in [0.4, 0.5) is 18.9 Å². The van der Waals surface area contributed by atoms with Gasteiger partial charge in [0, 0.05) is 11.6 Å². The van der Waals surface area contributed by atoms with Crippen LogP contribution in [0.15, 0.2) is 24.3 Å². The number of rotatable bonds is 2. The van der Waals surface area contributed by atoms with E-state index in [1.165, 1.54) is 18.2 Å². The van der Waals surface area contributed by atoms with E-state index in [4.69, 9.17) is 0 Å². The van der Waals surface area contributed by atoms with Crippen LogP contribution >= 0.6 is 0 Å². The van der Waals surface area contributed by atoms with Crippen LogP contribution in [-0.2, 0) is 5.41 Å². The van der Waals surface area contributed by atoms with E-state index < -0.39 is 22.2 Å². The van der Waals surface area contributed by atoms with Crippen molar-refractivity contribution in [1.29, 1.82) is 0 Å². The number of hydrogen-bond donors (Lipinski definition) is 0. The summed E-state index contributed by atoms with van der Waals surface area (Å²) in [7, 11) is 0. The van der Waals surface area contributed by atoms with E-state index in [9.17, 15) is 23.3 Å². The van der Waals surface area contributed by atoms with Crippen molar-refractivity contribution in [2.24, 2.45) is 0 Å². The number of halogens is 3. The zero-order valence-electron chi connectivity index (χ0n) is 8.83. The van der Waals surface area contributed by atoms with Crippen LogP contribution in [-0.4, -0.2) is 11.1 Å². The van der Waals surface area contributed by atoms with Gasteiger partial charge in [-0.25, -0.2) is 0 Å². The molecule has 6 heteroatoms. The van der Waals surface area contributed by atoms with Gasteiger partial charge in [0.1, 0.15) is 0 Å². The highest BCUT2D eigenvalue weighted by Crippen LogP contribution is 2.56. The minimum Gasteiger partial charge on any atom is -0.258 e. The third-order valence-corrected chi connectivity index (χ3v) is 3.37. The molecule has 1 aliphatic carbocycles. The number of para-hydroxylation sites is 1. The van der Waals surface area contributed by atoms with Gasteiger partial charge in [0.25, 0.3) is 5.69 Å². The Balaban J connectivity index is 2.56. The fraction of sp³-hybridized carbons (Fsp3) is 0.455. The van der Waals surface area contributed by atoms with Crippen molar-refractivity contribution in [2.45, 2.75) is 30.9 Å². The second-order valence-electron chi connectivity index (χ2n) is 4.21. The third kappa shape index (κ3) is 1.67. The molecule has 0 atom stereocenters. The standard InChI is InChI=1S/C11H10F3NO2/c12-11(13,14)10(6-3-7-10)8-4-1-2-5-9(8)15(16)17/h1-2,4-5H,3,6-7H2. The van der Waals surface area contributed by atoms with Crippen molar-refractivity contribution in [2.75, 3.05) is 0 Å². The Labute approximate surface area is 95.4 Å². The van der Waals surface area contributed by atoms with Crippen molar-refractivity contribution in [3.05, 3.63) is 39.9 Å². The molecule has 0 radical (unpaired) electrons. The van der Waals surface area contributed by atoms with Gasteiger partial charge < -0.3 is 0 Å². The van der Waals surface area contributed by atoms with Gasteiger partial charge in [-0.05, 0) is 12.8 Å². The smallest absolute Gasteiger partial charge is 0.258 e. The Hall–Kier alpha value is -1.59. The fourth-order valence-electron chi connectivity index (χ4n) is 2.27. The molecule has 1 aromatic carbocycles. The molecule has 1 fully saturated rings. The number of nitro benzene ring substituents is 1. The summed E-state index contributed by atoms with van der Waals surface area (Å²) in [5.74, 6) is 0. The van der Waals surface area contributed by atoms with Crippen molar-refractivity contribution < 1.29 is 18.1 Å². The number of nitro groups is 1. The Morgan fingerprint density at radius 3 is 2.24 bits per heavy atom. The van der Waals surface area contributed by atoms with Gasteiger partial charge in [0.2, 0.25) is 0 Å². The largest absolute Gasteiger partial charge is 0.398 e. The van der Waals surface area contributed by atoms with Crippen LogP contribution in [0.3, 0.4) is 0 Å². The molecule has 0 bridgehead atoms. The van der Waals surface area contributed by atoms with Crippen LogP contribution in [0, 0.1) is 10.1 Å². The summed E-state index contributed by atoms with van der Waals surface area (Å²) in [5.41, 5.74) is -2.66. The summed E-state index contributed by atoms with van der Waals surface area (Å²) in [6.07, 6.45) is -4.12. The van der Waals surface area contributed by atoms with Crippen LogP contribution in [0.2, 0.25) is 0 Å². The first-order valence-corrected chi connectivity index (χ1v) is 5.19. The van der Waals surface area contributed by atoms with Crippen molar-refractivity contribution >= 4 is 5.69 Å². The van der Waals surface area contributed by atoms with Gasteiger partial charge in [0.15, 0.2) is 0 Å². The average molecular weight is 245 g/mol. The summed E-state index contributed by atoms with van der Waals surface area (Å²) < 4.78 is 39.2. The van der Waals surface area contributed by atoms with E-state index in [0.29, 0.717) is 6.42 Å². The first-order chi connectivity index (χ1) is 7.88. The summed E-state index contributed by atoms with van der Waals surface area (Å²) in [6.45, 7) is 0. The highest BCUT2D eigenvalue weighted by molar-refractivity contribution is 5.47. The lowest BCUT2D eigenvalue weighted by molar-refractivity contribution is -0.387. The van der Waals surface area contributed by atoms with Crippen LogP contribution < -0.4 is 0 Å². The second kappa shape index (κ2) is 3.72. The monoisotopic (exact) mass is 245 g/mol. The molecule has 1 saturated carbocycles. The highest BCUT2D eigenvalue weighted by atomic mass is 19.4. The van der Waals surface area contributed by atoms with E-state index in [0.717, 1.165) is 6.07 Å². The number of hydrogen-bond acceptors (Lipinski definition) is 2. The van der Waals surface area contributed by atoms with Gasteiger partial charge in [-0.2, -0.15) is 13.2 Å². The summed E-state index contributed by atoms with van der Waals surface area (Å²) in [6, 6.07) is 5.13. The minimum absolute atomic E-state index is 0.0681. The summed E-state index contributed by atoms with van der Waals surface area (Å²) in [4.78, 5) is 10.0. The molecule has 92 valence electrons. The van der Waals surface area contributed by atoms with E-state index in [1.54, 1.807) is 0 Å². The van der Waals surface area contributed by atoms with Gasteiger partial charge in [0.05, 0.1) is 10.3 Å². The molecule has 1 aromatic rings. The number of benzene rings is 1. The fourth-order valence-corrected chi connectivity index (χ4v) is 2.27. The molecule has 3 nitrogen and oxygen atoms in total. The predicted molar refractivity (Wildman–Crippen MR) is 54.7 cm³/mol. The molecule has 0 saturated heterocycles. The molecular weight excluding hydrogens is 235 g/mol. The first kappa shape index (κ1) is 11.9. The molecule has 0 N–H and O–H groups in total. The molecule has 2 rings (SSSR count). The highest BCUT2D eigenvalue weighted by Gasteiger charge is 2.61. The van der Waals surface area contributed by atoms with Crippen LogP contribution in [0.25, 0.3) is 0 Å². The van der Waals surface area contributed by atoms with Crippen LogP contribution in [0.5, 0.6) is 0 Å². The van der Waals surface area contributed by atoms with E-state index in [1.807, 2.05) is 0 Å². The SMILES string of the molecule is O=[N+]([O-])c1ccccc1C1(C(F)(F)F)CCC1. The van der Waals surface area contributed by atoms with Crippen LogP contribution in [0.1, 0.15) is 24.8 Å². The predicted octanol–water partition coefficient (Wildman–Crippen LogP) is 3.58. The van der Waals surface area contributed by atoms with Gasteiger partial charge in [-0.3, -0.25) is 10.1 Å². The lowest BCUT2D eigenvalue weighted by atomic mass is 9.63. The topological polar surface area (TPSA) is 43.1 Å². The average Bonchev–Trinajstić information content (AvgIpc) is 2.14. The molecule has 17 heavy (non-hydrogen) atoms. The quantitative estimate of drug-likeness (QED) is 0.590. The maximum atomic E-state index is 13.1. The summed E-state index contributed by atoms with van der Waals surface area (Å²) >= 11 is 0. The molecule has 0 unspecified atom stereocenters. The molecular formula is C11H10F3NO2. The molecule has 0 heterocycles. The minimum atomic E-state index is -4.43. The lowest BCUT2D eigenvalue weighted by Gasteiger charge is -2.43. The molecule has 1 aliphatic rings. The van der Waals surface area contributed by atoms with E-state index in [2.05, 4.69) is 0 Å². The van der Waals surface area contributed by atoms with E-state index in [-0.39, 0.29) is 18.4 Å². The Morgan fingerprint density at radius 1 is 1.24 bits per heavy atom. The Bertz CT molecular complexity index is 452. The maximum Gasteiger partial charge on any atom is 0.398 e. The second-order valence-corrected chi connectivity index (χ2v) is 4.21. The van der Waals surface area contributed by atoms with Gasteiger partial charge in [-0.15, -0.1) is 0 Å².